The van der Waals surface area contributed by atoms with Gasteiger partial charge in [0, 0.05) is 12.1 Å². The van der Waals surface area contributed by atoms with Crippen LogP contribution in [0.2, 0.25) is 5.02 Å². The fourth-order valence-corrected chi connectivity index (χ4v) is 3.29. The maximum atomic E-state index is 12.5. The minimum absolute atomic E-state index is 0.184. The summed E-state index contributed by atoms with van der Waals surface area (Å²) in [6.07, 6.45) is 1.49. The van der Waals surface area contributed by atoms with Gasteiger partial charge in [0.1, 0.15) is 5.82 Å². The molecular formula is C21H18ClN3O2. The molecule has 2 aromatic carbocycles. The Bertz CT molecular complexity index is 1090. The highest BCUT2D eigenvalue weighted by Crippen LogP contribution is 2.22. The molecule has 0 aliphatic rings. The second-order valence-corrected chi connectivity index (χ2v) is 6.74. The van der Waals surface area contributed by atoms with Crippen LogP contribution in [0.3, 0.4) is 0 Å². The number of hydrogen-bond donors (Lipinski definition) is 0. The average molecular weight is 380 g/mol. The van der Waals surface area contributed by atoms with Crippen LogP contribution < -0.4 is 0 Å². The monoisotopic (exact) mass is 379 g/mol. The first-order chi connectivity index (χ1) is 13.1. The molecule has 0 radical (unpaired) electrons. The van der Waals surface area contributed by atoms with Gasteiger partial charge in [0.05, 0.1) is 30.4 Å². The molecule has 0 fully saturated rings. The van der Waals surface area contributed by atoms with Gasteiger partial charge in [-0.25, -0.2) is 4.98 Å². The van der Waals surface area contributed by atoms with E-state index >= 15 is 0 Å². The van der Waals surface area contributed by atoms with Crippen LogP contribution in [0.4, 0.5) is 0 Å². The molecule has 0 unspecified atom stereocenters. The summed E-state index contributed by atoms with van der Waals surface area (Å²) in [4.78, 5) is 18.9. The van der Waals surface area contributed by atoms with E-state index in [1.165, 1.54) is 6.26 Å². The van der Waals surface area contributed by atoms with Gasteiger partial charge in [-0.2, -0.15) is 0 Å². The zero-order chi connectivity index (χ0) is 18.8. The van der Waals surface area contributed by atoms with Gasteiger partial charge in [-0.05, 0) is 35.9 Å². The number of aromatic nitrogens is 2. The Kier molecular flexibility index (Phi) is 4.69. The van der Waals surface area contributed by atoms with Crippen LogP contribution in [0, 0.1) is 0 Å². The number of imidazole rings is 1. The molecule has 0 N–H and O–H groups in total. The van der Waals surface area contributed by atoms with Crippen LogP contribution >= 0.6 is 11.6 Å². The van der Waals surface area contributed by atoms with Crippen molar-refractivity contribution in [2.24, 2.45) is 0 Å². The van der Waals surface area contributed by atoms with Gasteiger partial charge in [-0.1, -0.05) is 41.9 Å². The third-order valence-electron chi connectivity index (χ3n) is 4.48. The molecule has 27 heavy (non-hydrogen) atoms. The predicted molar refractivity (Wildman–Crippen MR) is 105 cm³/mol. The van der Waals surface area contributed by atoms with E-state index in [1.807, 2.05) is 48.5 Å². The summed E-state index contributed by atoms with van der Waals surface area (Å²) in [5.74, 6) is 0.918. The first-order valence-electron chi connectivity index (χ1n) is 8.60. The molecule has 0 aliphatic carbocycles. The fourth-order valence-electron chi connectivity index (χ4n) is 3.09. The van der Waals surface area contributed by atoms with Crippen molar-refractivity contribution in [3.05, 3.63) is 89.1 Å². The number of benzene rings is 2. The Morgan fingerprint density at radius 3 is 2.67 bits per heavy atom. The Balaban J connectivity index is 1.70. The highest BCUT2D eigenvalue weighted by Gasteiger charge is 2.19. The molecule has 0 saturated carbocycles. The molecule has 2 aromatic heterocycles. The molecule has 0 aliphatic heterocycles. The number of hydrogen-bond acceptors (Lipinski definition) is 3. The van der Waals surface area contributed by atoms with Gasteiger partial charge in [-0.15, -0.1) is 0 Å². The highest BCUT2D eigenvalue weighted by molar-refractivity contribution is 6.31. The van der Waals surface area contributed by atoms with Crippen molar-refractivity contribution in [3.8, 4) is 0 Å². The number of rotatable bonds is 5. The summed E-state index contributed by atoms with van der Waals surface area (Å²) in [7, 11) is 1.74. The van der Waals surface area contributed by atoms with E-state index in [1.54, 1.807) is 24.1 Å². The van der Waals surface area contributed by atoms with Gasteiger partial charge < -0.3 is 13.9 Å². The van der Waals surface area contributed by atoms with E-state index in [2.05, 4.69) is 4.57 Å². The Morgan fingerprint density at radius 2 is 1.89 bits per heavy atom. The lowest BCUT2D eigenvalue weighted by Gasteiger charge is -2.17. The van der Waals surface area contributed by atoms with E-state index in [0.717, 1.165) is 22.4 Å². The van der Waals surface area contributed by atoms with Crippen molar-refractivity contribution in [2.75, 3.05) is 7.05 Å². The third-order valence-corrected chi connectivity index (χ3v) is 4.85. The SMILES string of the molecule is CN(Cc1nc2ccccc2n1Cc1ccccc1Cl)C(=O)c1ccco1. The number of carbonyl (C=O) groups excluding carboxylic acids is 1. The van der Waals surface area contributed by atoms with Crippen LogP contribution in [-0.2, 0) is 13.1 Å². The highest BCUT2D eigenvalue weighted by atomic mass is 35.5. The Labute approximate surface area is 161 Å². The molecule has 6 heteroatoms. The smallest absolute Gasteiger partial charge is 0.289 e. The third kappa shape index (κ3) is 3.46. The average Bonchev–Trinajstić information content (AvgIpc) is 3.32. The molecular weight excluding hydrogens is 362 g/mol. The van der Waals surface area contributed by atoms with Gasteiger partial charge in [0.25, 0.3) is 5.91 Å². The number of amides is 1. The minimum atomic E-state index is -0.184. The summed E-state index contributed by atoms with van der Waals surface area (Å²) in [6.45, 7) is 0.941. The van der Waals surface area contributed by atoms with E-state index in [0.29, 0.717) is 23.9 Å². The lowest BCUT2D eigenvalue weighted by atomic mass is 10.2. The summed E-state index contributed by atoms with van der Waals surface area (Å²) in [5.41, 5.74) is 2.90. The normalized spacial score (nSPS) is 11.0. The molecule has 136 valence electrons. The number of furan rings is 1. The predicted octanol–water partition coefficient (Wildman–Crippen LogP) is 4.60. The molecule has 0 saturated heterocycles. The van der Waals surface area contributed by atoms with Crippen LogP contribution in [0.15, 0.2) is 71.3 Å². The van der Waals surface area contributed by atoms with Crippen molar-refractivity contribution in [2.45, 2.75) is 13.1 Å². The first-order valence-corrected chi connectivity index (χ1v) is 8.98. The van der Waals surface area contributed by atoms with Crippen LogP contribution in [0.5, 0.6) is 0 Å². The number of fused-ring (bicyclic) bond motifs is 1. The van der Waals surface area contributed by atoms with Crippen LogP contribution in [-0.4, -0.2) is 27.4 Å². The van der Waals surface area contributed by atoms with Crippen molar-refractivity contribution >= 4 is 28.5 Å². The summed E-state index contributed by atoms with van der Waals surface area (Å²) >= 11 is 6.36. The van der Waals surface area contributed by atoms with Crippen LogP contribution in [0.1, 0.15) is 21.9 Å². The second-order valence-electron chi connectivity index (χ2n) is 6.33. The summed E-state index contributed by atoms with van der Waals surface area (Å²) in [5, 5.41) is 0.709. The second kappa shape index (κ2) is 7.29. The molecule has 5 nitrogen and oxygen atoms in total. The molecule has 0 atom stereocenters. The quantitative estimate of drug-likeness (QED) is 0.509. The van der Waals surface area contributed by atoms with Crippen molar-refractivity contribution in [1.82, 2.24) is 14.5 Å². The number of para-hydroxylation sites is 2. The van der Waals surface area contributed by atoms with Gasteiger partial charge in [-0.3, -0.25) is 4.79 Å². The van der Waals surface area contributed by atoms with E-state index < -0.39 is 0 Å². The number of carbonyl (C=O) groups is 1. The van der Waals surface area contributed by atoms with Gasteiger partial charge >= 0.3 is 0 Å². The molecule has 4 aromatic rings. The van der Waals surface area contributed by atoms with Gasteiger partial charge in [0.2, 0.25) is 0 Å². The zero-order valence-electron chi connectivity index (χ0n) is 14.8. The van der Waals surface area contributed by atoms with E-state index in [4.69, 9.17) is 21.0 Å². The van der Waals surface area contributed by atoms with Crippen molar-refractivity contribution < 1.29 is 9.21 Å². The van der Waals surface area contributed by atoms with Crippen molar-refractivity contribution in [3.63, 3.8) is 0 Å². The zero-order valence-corrected chi connectivity index (χ0v) is 15.6. The number of halogens is 1. The van der Waals surface area contributed by atoms with Gasteiger partial charge in [0.15, 0.2) is 5.76 Å². The lowest BCUT2D eigenvalue weighted by molar-refractivity contribution is 0.0749. The standard InChI is InChI=1S/C21H18ClN3O2/c1-24(21(26)19-11-6-12-27-19)14-20-23-17-9-4-5-10-18(17)25(20)13-15-7-2-3-8-16(15)22/h2-12H,13-14H2,1H3. The molecule has 0 bridgehead atoms. The molecule has 1 amide bonds. The van der Waals surface area contributed by atoms with E-state index in [-0.39, 0.29) is 5.91 Å². The maximum Gasteiger partial charge on any atom is 0.289 e. The first kappa shape index (κ1) is 17.4. The maximum absolute atomic E-state index is 12.5. The minimum Gasteiger partial charge on any atom is -0.459 e. The molecule has 2 heterocycles. The number of nitrogens with zero attached hydrogens (tertiary/aromatic N) is 3. The Morgan fingerprint density at radius 1 is 1.11 bits per heavy atom. The fraction of sp³-hybridized carbons (Fsp3) is 0.143. The molecule has 0 spiro atoms. The summed E-state index contributed by atoms with van der Waals surface area (Å²) in [6, 6.07) is 19.0. The lowest BCUT2D eigenvalue weighted by Crippen LogP contribution is -2.27. The van der Waals surface area contributed by atoms with Crippen LogP contribution in [0.25, 0.3) is 11.0 Å². The Hall–Kier alpha value is -3.05. The molecule has 4 rings (SSSR count). The van der Waals surface area contributed by atoms with Crippen molar-refractivity contribution in [1.29, 1.82) is 0 Å². The van der Waals surface area contributed by atoms with E-state index in [9.17, 15) is 4.79 Å². The summed E-state index contributed by atoms with van der Waals surface area (Å²) < 4.78 is 7.32. The largest absolute Gasteiger partial charge is 0.459 e. The topological polar surface area (TPSA) is 51.3 Å².